The van der Waals surface area contributed by atoms with Gasteiger partial charge in [0.05, 0.1) is 12.7 Å². The van der Waals surface area contributed by atoms with E-state index in [0.29, 0.717) is 31.3 Å². The number of amides is 1. The third-order valence-electron chi connectivity index (χ3n) is 3.32. The Morgan fingerprint density at radius 1 is 1.33 bits per heavy atom. The van der Waals surface area contributed by atoms with E-state index in [1.165, 1.54) is 4.68 Å². The number of benzene rings is 1. The summed E-state index contributed by atoms with van der Waals surface area (Å²) in [4.78, 5) is 16.2. The Kier molecular flexibility index (Phi) is 4.62. The summed E-state index contributed by atoms with van der Waals surface area (Å²) in [5.74, 6) is 0.778. The van der Waals surface area contributed by atoms with Crippen molar-refractivity contribution in [2.24, 2.45) is 5.73 Å². The summed E-state index contributed by atoms with van der Waals surface area (Å²) >= 11 is 0. The van der Waals surface area contributed by atoms with Gasteiger partial charge in [-0.2, -0.15) is 4.98 Å². The summed E-state index contributed by atoms with van der Waals surface area (Å²) in [6.07, 6.45) is 1.57. The Bertz CT molecular complexity index is 822. The van der Waals surface area contributed by atoms with Crippen LogP contribution in [0.4, 0.5) is 0 Å². The van der Waals surface area contributed by atoms with E-state index in [1.54, 1.807) is 13.1 Å². The van der Waals surface area contributed by atoms with Gasteiger partial charge in [0.15, 0.2) is 5.69 Å². The third kappa shape index (κ3) is 3.63. The lowest BCUT2D eigenvalue weighted by atomic mass is 10.1. The molecule has 0 bridgehead atoms. The molecule has 0 saturated carbocycles. The number of aromatic nitrogens is 5. The van der Waals surface area contributed by atoms with Crippen molar-refractivity contribution in [3.8, 4) is 11.4 Å². The van der Waals surface area contributed by atoms with Crippen LogP contribution >= 0.6 is 0 Å². The van der Waals surface area contributed by atoms with Gasteiger partial charge in [0.25, 0.3) is 5.91 Å². The largest absolute Gasteiger partial charge is 0.347 e. The third-order valence-corrected chi connectivity index (χ3v) is 3.32. The van der Waals surface area contributed by atoms with Crippen molar-refractivity contribution in [2.45, 2.75) is 20.0 Å². The van der Waals surface area contributed by atoms with Crippen LogP contribution in [0, 0.1) is 6.92 Å². The van der Waals surface area contributed by atoms with E-state index in [-0.39, 0.29) is 11.6 Å². The summed E-state index contributed by atoms with van der Waals surface area (Å²) in [6.45, 7) is 3.09. The van der Waals surface area contributed by atoms with Crippen LogP contribution in [-0.4, -0.2) is 37.6 Å². The fourth-order valence-electron chi connectivity index (χ4n) is 2.11. The molecule has 0 fully saturated rings. The second kappa shape index (κ2) is 7.01. The molecule has 9 nitrogen and oxygen atoms in total. The maximum atomic E-state index is 12.0. The molecular formula is C15H17N7O2. The highest BCUT2D eigenvalue weighted by atomic mass is 16.5. The van der Waals surface area contributed by atoms with Crippen LogP contribution in [0.1, 0.15) is 21.9 Å². The van der Waals surface area contributed by atoms with Crippen molar-refractivity contribution in [3.63, 3.8) is 0 Å². The maximum Gasteiger partial charge on any atom is 0.273 e. The molecule has 0 aliphatic heterocycles. The van der Waals surface area contributed by atoms with Gasteiger partial charge in [-0.05, 0) is 5.56 Å². The zero-order chi connectivity index (χ0) is 16.9. The predicted octanol–water partition coefficient (Wildman–Crippen LogP) is 0.525. The van der Waals surface area contributed by atoms with E-state index >= 15 is 0 Å². The standard InChI is InChI=1S/C15H17N7O2/c1-10-18-14(20-24-10)12-4-2-11(3-5-12)8-17-15(23)13-9-22(7-6-16)21-19-13/h2-5,9H,6-8,16H2,1H3,(H,17,23). The molecule has 0 atom stereocenters. The summed E-state index contributed by atoms with van der Waals surface area (Å²) in [5, 5.41) is 14.3. The number of hydrogen-bond donors (Lipinski definition) is 2. The van der Waals surface area contributed by atoms with E-state index < -0.39 is 0 Å². The first-order chi connectivity index (χ1) is 11.7. The SMILES string of the molecule is Cc1nc(-c2ccc(CNC(=O)c3cn(CCN)nn3)cc2)no1. The normalized spacial score (nSPS) is 10.8. The Morgan fingerprint density at radius 2 is 2.12 bits per heavy atom. The Hall–Kier alpha value is -3.07. The van der Waals surface area contributed by atoms with Crippen molar-refractivity contribution in [1.29, 1.82) is 0 Å². The van der Waals surface area contributed by atoms with E-state index in [2.05, 4.69) is 25.8 Å². The molecule has 24 heavy (non-hydrogen) atoms. The van der Waals surface area contributed by atoms with Gasteiger partial charge in [0.1, 0.15) is 0 Å². The van der Waals surface area contributed by atoms with Crippen LogP contribution in [0.25, 0.3) is 11.4 Å². The van der Waals surface area contributed by atoms with Crippen LogP contribution in [-0.2, 0) is 13.1 Å². The fraction of sp³-hybridized carbons (Fsp3) is 0.267. The minimum absolute atomic E-state index is 0.266. The predicted molar refractivity (Wildman–Crippen MR) is 84.7 cm³/mol. The first-order valence-corrected chi connectivity index (χ1v) is 7.44. The summed E-state index contributed by atoms with van der Waals surface area (Å²) < 4.78 is 6.49. The summed E-state index contributed by atoms with van der Waals surface area (Å²) in [6, 6.07) is 7.55. The number of nitrogens with two attached hydrogens (primary N) is 1. The topological polar surface area (TPSA) is 125 Å². The molecule has 0 unspecified atom stereocenters. The Balaban J connectivity index is 1.58. The lowest BCUT2D eigenvalue weighted by Gasteiger charge is -2.04. The molecule has 124 valence electrons. The number of nitrogens with zero attached hydrogens (tertiary/aromatic N) is 5. The molecule has 0 saturated heterocycles. The van der Waals surface area contributed by atoms with Crippen LogP contribution in [0.2, 0.25) is 0 Å². The zero-order valence-corrected chi connectivity index (χ0v) is 13.1. The molecule has 1 aromatic carbocycles. The summed E-state index contributed by atoms with van der Waals surface area (Å²) in [7, 11) is 0. The molecular weight excluding hydrogens is 310 g/mol. The van der Waals surface area contributed by atoms with Crippen molar-refractivity contribution >= 4 is 5.91 Å². The number of aryl methyl sites for hydroxylation is 1. The number of nitrogens with one attached hydrogen (secondary N) is 1. The second-order valence-corrected chi connectivity index (χ2v) is 5.17. The number of carbonyl (C=O) groups is 1. The highest BCUT2D eigenvalue weighted by molar-refractivity contribution is 5.91. The van der Waals surface area contributed by atoms with E-state index in [9.17, 15) is 4.79 Å². The number of carbonyl (C=O) groups excluding carboxylic acids is 1. The molecule has 3 N–H and O–H groups in total. The molecule has 3 rings (SSSR count). The number of rotatable bonds is 6. The highest BCUT2D eigenvalue weighted by Gasteiger charge is 2.10. The molecule has 0 aliphatic rings. The average molecular weight is 327 g/mol. The quantitative estimate of drug-likeness (QED) is 0.676. The molecule has 0 spiro atoms. The molecule has 1 amide bonds. The smallest absolute Gasteiger partial charge is 0.273 e. The van der Waals surface area contributed by atoms with Gasteiger partial charge in [-0.25, -0.2) is 0 Å². The van der Waals surface area contributed by atoms with Crippen LogP contribution in [0.5, 0.6) is 0 Å². The second-order valence-electron chi connectivity index (χ2n) is 5.17. The highest BCUT2D eigenvalue weighted by Crippen LogP contribution is 2.16. The molecule has 9 heteroatoms. The Labute approximate surface area is 137 Å². The molecule has 0 aliphatic carbocycles. The Morgan fingerprint density at radius 3 is 2.79 bits per heavy atom. The van der Waals surface area contributed by atoms with E-state index in [4.69, 9.17) is 10.3 Å². The average Bonchev–Trinajstić information content (AvgIpc) is 3.23. The lowest BCUT2D eigenvalue weighted by Crippen LogP contribution is -2.23. The van der Waals surface area contributed by atoms with Gasteiger partial charge in [-0.15, -0.1) is 5.10 Å². The first kappa shape index (κ1) is 15.8. The van der Waals surface area contributed by atoms with Gasteiger partial charge in [0.2, 0.25) is 11.7 Å². The maximum absolute atomic E-state index is 12.0. The van der Waals surface area contributed by atoms with Crippen molar-refractivity contribution < 1.29 is 9.32 Å². The van der Waals surface area contributed by atoms with Gasteiger partial charge in [-0.1, -0.05) is 34.6 Å². The molecule has 2 heterocycles. The van der Waals surface area contributed by atoms with Crippen molar-refractivity contribution in [1.82, 2.24) is 30.5 Å². The minimum Gasteiger partial charge on any atom is -0.347 e. The van der Waals surface area contributed by atoms with Gasteiger partial charge < -0.3 is 15.6 Å². The van der Waals surface area contributed by atoms with Gasteiger partial charge >= 0.3 is 0 Å². The van der Waals surface area contributed by atoms with Gasteiger partial charge in [0, 0.05) is 25.6 Å². The molecule has 0 radical (unpaired) electrons. The monoisotopic (exact) mass is 327 g/mol. The van der Waals surface area contributed by atoms with Crippen molar-refractivity contribution in [2.75, 3.05) is 6.54 Å². The van der Waals surface area contributed by atoms with Gasteiger partial charge in [-0.3, -0.25) is 9.48 Å². The van der Waals surface area contributed by atoms with Crippen LogP contribution in [0.15, 0.2) is 35.0 Å². The lowest BCUT2D eigenvalue weighted by molar-refractivity contribution is 0.0946. The zero-order valence-electron chi connectivity index (χ0n) is 13.1. The minimum atomic E-state index is -0.281. The van der Waals surface area contributed by atoms with Crippen molar-refractivity contribution in [3.05, 3.63) is 47.6 Å². The van der Waals surface area contributed by atoms with Crippen LogP contribution in [0.3, 0.4) is 0 Å². The van der Waals surface area contributed by atoms with E-state index in [0.717, 1.165) is 11.1 Å². The molecule has 2 aromatic heterocycles. The van der Waals surface area contributed by atoms with Crippen LogP contribution < -0.4 is 11.1 Å². The summed E-state index contributed by atoms with van der Waals surface area (Å²) in [5.41, 5.74) is 7.50. The molecule has 3 aromatic rings. The number of hydrogen-bond acceptors (Lipinski definition) is 7. The fourth-order valence-corrected chi connectivity index (χ4v) is 2.11. The van der Waals surface area contributed by atoms with E-state index in [1.807, 2.05) is 24.3 Å². The first-order valence-electron chi connectivity index (χ1n) is 7.44.